The largest absolute Gasteiger partial charge is 0.464 e. The zero-order chi connectivity index (χ0) is 29.4. The average Bonchev–Trinajstić information content (AvgIpc) is 2.97. The fraction of sp³-hybridized carbons (Fsp3) is 0.242. The summed E-state index contributed by atoms with van der Waals surface area (Å²) in [6, 6.07) is 18.9. The van der Waals surface area contributed by atoms with Crippen molar-refractivity contribution in [2.45, 2.75) is 33.6 Å². The van der Waals surface area contributed by atoms with E-state index in [4.69, 9.17) is 18.9 Å². The van der Waals surface area contributed by atoms with Crippen LogP contribution in [-0.2, 0) is 28.6 Å². The predicted molar refractivity (Wildman–Crippen MR) is 156 cm³/mol. The lowest BCUT2D eigenvalue weighted by atomic mass is 9.80. The minimum absolute atomic E-state index is 0.146. The highest BCUT2D eigenvalue weighted by atomic mass is 16.5. The molecule has 0 saturated heterocycles. The molecule has 3 aromatic carbocycles. The zero-order valence-electron chi connectivity index (χ0n) is 23.6. The van der Waals surface area contributed by atoms with Crippen LogP contribution < -0.4 is 9.64 Å². The van der Waals surface area contributed by atoms with Gasteiger partial charge in [-0.05, 0) is 56.7 Å². The summed E-state index contributed by atoms with van der Waals surface area (Å²) < 4.78 is 21.9. The molecule has 0 spiro atoms. The normalized spacial score (nSPS) is 13.5. The van der Waals surface area contributed by atoms with Crippen molar-refractivity contribution in [3.8, 4) is 5.75 Å². The van der Waals surface area contributed by atoms with Crippen molar-refractivity contribution in [2.24, 2.45) is 0 Å². The molecule has 1 heterocycles. The first-order valence-corrected chi connectivity index (χ1v) is 13.5. The number of ether oxygens (including phenoxy) is 4. The third kappa shape index (κ3) is 6.66. The number of carbonyl (C=O) groups is 3. The number of benzene rings is 3. The van der Waals surface area contributed by atoms with Gasteiger partial charge >= 0.3 is 17.9 Å². The van der Waals surface area contributed by atoms with Gasteiger partial charge in [0, 0.05) is 23.7 Å². The number of hydrogen-bond acceptors (Lipinski definition) is 8. The minimum Gasteiger partial charge on any atom is -0.464 e. The van der Waals surface area contributed by atoms with Crippen LogP contribution in [0.1, 0.15) is 37.8 Å². The van der Waals surface area contributed by atoms with E-state index in [-0.39, 0.29) is 31.0 Å². The standard InChI is InChI=1S/C33H33NO7/c1-5-38-29(35)18-19-41-28-17-14-23-10-8-9-11-25(23)31(28)30-26(32(36)39-6-2)20-34(21-27(30)33(37)40-7-3)24-15-12-22(4)13-16-24/h8-21,30H,5-7H2,1-4H3/b19-18+. The average molecular weight is 556 g/mol. The number of nitrogens with zero attached hydrogens (tertiary/aromatic N) is 1. The highest BCUT2D eigenvalue weighted by Crippen LogP contribution is 2.45. The van der Waals surface area contributed by atoms with Gasteiger partial charge in [-0.3, -0.25) is 0 Å². The first-order valence-electron chi connectivity index (χ1n) is 13.5. The van der Waals surface area contributed by atoms with Gasteiger partial charge in [-0.25, -0.2) is 14.4 Å². The zero-order valence-corrected chi connectivity index (χ0v) is 23.6. The van der Waals surface area contributed by atoms with E-state index in [2.05, 4.69) is 0 Å². The number of hydrogen-bond donors (Lipinski definition) is 0. The number of carbonyl (C=O) groups excluding carboxylic acids is 3. The highest BCUT2D eigenvalue weighted by Gasteiger charge is 2.38. The second kappa shape index (κ2) is 13.5. The monoisotopic (exact) mass is 555 g/mol. The van der Waals surface area contributed by atoms with E-state index in [9.17, 15) is 14.4 Å². The summed E-state index contributed by atoms with van der Waals surface area (Å²) in [4.78, 5) is 40.7. The number of esters is 3. The van der Waals surface area contributed by atoms with E-state index in [1.54, 1.807) is 44.1 Å². The Bertz CT molecular complexity index is 1480. The maximum atomic E-state index is 13.5. The summed E-state index contributed by atoms with van der Waals surface area (Å²) in [6.07, 6.45) is 5.76. The van der Waals surface area contributed by atoms with Crippen LogP contribution in [0.4, 0.5) is 5.69 Å². The van der Waals surface area contributed by atoms with E-state index < -0.39 is 23.8 Å². The first kappa shape index (κ1) is 29.1. The molecule has 0 aromatic heterocycles. The smallest absolute Gasteiger partial charge is 0.336 e. The van der Waals surface area contributed by atoms with Gasteiger partial charge in [0.05, 0.1) is 49.2 Å². The Hall–Kier alpha value is -4.85. The van der Waals surface area contributed by atoms with Gasteiger partial charge in [0.1, 0.15) is 5.75 Å². The van der Waals surface area contributed by atoms with E-state index in [0.717, 1.165) is 22.0 Å². The molecule has 0 N–H and O–H groups in total. The van der Waals surface area contributed by atoms with Crippen molar-refractivity contribution in [2.75, 3.05) is 24.7 Å². The second-order valence-corrected chi connectivity index (χ2v) is 9.16. The quantitative estimate of drug-likeness (QED) is 0.128. The van der Waals surface area contributed by atoms with Gasteiger partial charge in [0.15, 0.2) is 0 Å². The molecule has 41 heavy (non-hydrogen) atoms. The molecule has 1 aliphatic heterocycles. The number of rotatable bonds is 10. The molecular formula is C33H33NO7. The Morgan fingerprint density at radius 2 is 1.39 bits per heavy atom. The third-order valence-corrected chi connectivity index (χ3v) is 6.44. The number of fused-ring (bicyclic) bond motifs is 1. The fourth-order valence-electron chi connectivity index (χ4n) is 4.63. The molecule has 0 amide bonds. The van der Waals surface area contributed by atoms with Gasteiger partial charge in [0.25, 0.3) is 0 Å². The molecule has 3 aromatic rings. The summed E-state index contributed by atoms with van der Waals surface area (Å²) >= 11 is 0. The SMILES string of the molecule is CCOC(=O)/C=C/Oc1ccc2ccccc2c1C1C(C(=O)OCC)=CN(c2ccc(C)cc2)C=C1C(=O)OCC. The van der Waals surface area contributed by atoms with Crippen LogP contribution in [0.3, 0.4) is 0 Å². The Morgan fingerprint density at radius 1 is 0.780 bits per heavy atom. The molecule has 8 nitrogen and oxygen atoms in total. The molecule has 212 valence electrons. The molecule has 0 aliphatic carbocycles. The van der Waals surface area contributed by atoms with E-state index in [1.165, 1.54) is 12.3 Å². The molecule has 0 radical (unpaired) electrons. The van der Waals surface area contributed by atoms with E-state index in [0.29, 0.717) is 11.3 Å². The predicted octanol–water partition coefficient (Wildman–Crippen LogP) is 6.10. The Labute approximate surface area is 239 Å². The maximum Gasteiger partial charge on any atom is 0.336 e. The maximum absolute atomic E-state index is 13.5. The Kier molecular flexibility index (Phi) is 9.58. The molecular weight excluding hydrogens is 522 g/mol. The molecule has 4 rings (SSSR count). The molecule has 8 heteroatoms. The van der Waals surface area contributed by atoms with Crippen LogP contribution in [0.15, 0.2) is 96.5 Å². The third-order valence-electron chi connectivity index (χ3n) is 6.44. The van der Waals surface area contributed by atoms with Crippen molar-refractivity contribution >= 4 is 34.4 Å². The van der Waals surface area contributed by atoms with Gasteiger partial charge < -0.3 is 23.8 Å². The van der Waals surface area contributed by atoms with Crippen molar-refractivity contribution in [1.82, 2.24) is 0 Å². The summed E-state index contributed by atoms with van der Waals surface area (Å²) in [6.45, 7) is 7.66. The van der Waals surface area contributed by atoms with Crippen LogP contribution in [0.25, 0.3) is 10.8 Å². The summed E-state index contributed by atoms with van der Waals surface area (Å²) in [5.74, 6) is -2.26. The lowest BCUT2D eigenvalue weighted by Gasteiger charge is -2.31. The molecule has 1 aliphatic rings. The minimum atomic E-state index is -0.896. The second-order valence-electron chi connectivity index (χ2n) is 9.16. The first-order chi connectivity index (χ1) is 19.9. The Balaban J connectivity index is 1.95. The molecule has 0 saturated carbocycles. The summed E-state index contributed by atoms with van der Waals surface area (Å²) in [5, 5.41) is 1.63. The fourth-order valence-corrected chi connectivity index (χ4v) is 4.63. The highest BCUT2D eigenvalue weighted by molar-refractivity contribution is 6.02. The van der Waals surface area contributed by atoms with Crippen LogP contribution in [-0.4, -0.2) is 37.7 Å². The van der Waals surface area contributed by atoms with Crippen LogP contribution in [0, 0.1) is 6.92 Å². The molecule has 0 atom stereocenters. The van der Waals surface area contributed by atoms with Crippen LogP contribution in [0.2, 0.25) is 0 Å². The van der Waals surface area contributed by atoms with E-state index in [1.807, 2.05) is 61.5 Å². The van der Waals surface area contributed by atoms with E-state index >= 15 is 0 Å². The van der Waals surface area contributed by atoms with Crippen molar-refractivity contribution in [1.29, 1.82) is 0 Å². The topological polar surface area (TPSA) is 91.4 Å². The van der Waals surface area contributed by atoms with Gasteiger partial charge in [-0.15, -0.1) is 0 Å². The lowest BCUT2D eigenvalue weighted by molar-refractivity contribution is -0.140. The van der Waals surface area contributed by atoms with Crippen molar-refractivity contribution in [3.05, 3.63) is 108 Å². The van der Waals surface area contributed by atoms with Gasteiger partial charge in [0.2, 0.25) is 0 Å². The van der Waals surface area contributed by atoms with Crippen molar-refractivity contribution < 1.29 is 33.3 Å². The lowest BCUT2D eigenvalue weighted by Crippen LogP contribution is -2.29. The van der Waals surface area contributed by atoms with Gasteiger partial charge in [-0.1, -0.05) is 48.0 Å². The molecule has 0 fully saturated rings. The number of anilines is 1. The summed E-state index contributed by atoms with van der Waals surface area (Å²) in [5.41, 5.74) is 2.84. The summed E-state index contributed by atoms with van der Waals surface area (Å²) in [7, 11) is 0. The molecule has 0 bridgehead atoms. The van der Waals surface area contributed by atoms with Crippen LogP contribution in [0.5, 0.6) is 5.75 Å². The van der Waals surface area contributed by atoms with Gasteiger partial charge in [-0.2, -0.15) is 0 Å². The molecule has 0 unspecified atom stereocenters. The van der Waals surface area contributed by atoms with Crippen LogP contribution >= 0.6 is 0 Å². The van der Waals surface area contributed by atoms with Crippen molar-refractivity contribution in [3.63, 3.8) is 0 Å². The number of aryl methyl sites for hydroxylation is 1. The Morgan fingerprint density at radius 3 is 2.00 bits per heavy atom.